The highest BCUT2D eigenvalue weighted by Gasteiger charge is 2.14. The van der Waals surface area contributed by atoms with Crippen molar-refractivity contribution in [3.8, 4) is 0 Å². The number of amides is 1. The Morgan fingerprint density at radius 1 is 1.47 bits per heavy atom. The molecule has 5 heteroatoms. The van der Waals surface area contributed by atoms with E-state index >= 15 is 0 Å². The molecule has 0 aliphatic rings. The highest BCUT2D eigenvalue weighted by Crippen LogP contribution is 2.12. The molecule has 1 N–H and O–H groups in total. The van der Waals surface area contributed by atoms with Crippen LogP contribution in [0.4, 0.5) is 0 Å². The summed E-state index contributed by atoms with van der Waals surface area (Å²) in [5.74, 6) is -1.41. The Balaban J connectivity index is 2.80. The van der Waals surface area contributed by atoms with Crippen molar-refractivity contribution in [2.24, 2.45) is 0 Å². The summed E-state index contributed by atoms with van der Waals surface area (Å²) in [4.78, 5) is 23.1. The van der Waals surface area contributed by atoms with E-state index in [1.54, 1.807) is 18.2 Å². The second-order valence-corrected chi connectivity index (χ2v) is 3.50. The van der Waals surface area contributed by atoms with Crippen molar-refractivity contribution >= 4 is 23.5 Å². The van der Waals surface area contributed by atoms with Gasteiger partial charge in [-0.2, -0.15) is 0 Å². The van der Waals surface area contributed by atoms with Crippen LogP contribution in [0.2, 0.25) is 5.02 Å². The molecule has 1 amide bonds. The summed E-state index contributed by atoms with van der Waals surface area (Å²) in [7, 11) is 1.43. The monoisotopic (exact) mass is 227 g/mol. The van der Waals surface area contributed by atoms with Gasteiger partial charge in [-0.05, 0) is 18.2 Å². The lowest BCUT2D eigenvalue weighted by Crippen LogP contribution is -2.31. The van der Waals surface area contributed by atoms with Crippen molar-refractivity contribution in [1.29, 1.82) is 0 Å². The van der Waals surface area contributed by atoms with Gasteiger partial charge in [0.05, 0.1) is 0 Å². The molecular weight excluding hydrogens is 218 g/mol. The van der Waals surface area contributed by atoms with E-state index in [0.29, 0.717) is 10.6 Å². The first-order valence-electron chi connectivity index (χ1n) is 4.23. The van der Waals surface area contributed by atoms with Crippen LogP contribution >= 0.6 is 11.6 Å². The number of hydrogen-bond acceptors (Lipinski definition) is 2. The normalized spacial score (nSPS) is 9.73. The summed E-state index contributed by atoms with van der Waals surface area (Å²) >= 11 is 5.71. The maximum Gasteiger partial charge on any atom is 0.323 e. The van der Waals surface area contributed by atoms with E-state index in [9.17, 15) is 9.59 Å². The highest BCUT2D eigenvalue weighted by molar-refractivity contribution is 6.30. The molecule has 0 heterocycles. The molecule has 0 atom stereocenters. The summed E-state index contributed by atoms with van der Waals surface area (Å²) in [5, 5.41) is 8.96. The molecule has 0 aliphatic heterocycles. The first-order valence-corrected chi connectivity index (χ1v) is 4.61. The first kappa shape index (κ1) is 11.5. The Bertz CT molecular complexity index is 392. The minimum absolute atomic E-state index is 0.328. The van der Waals surface area contributed by atoms with Gasteiger partial charge in [-0.3, -0.25) is 9.59 Å². The molecule has 15 heavy (non-hydrogen) atoms. The van der Waals surface area contributed by atoms with Gasteiger partial charge in [-0.1, -0.05) is 17.7 Å². The van der Waals surface area contributed by atoms with Crippen molar-refractivity contribution < 1.29 is 14.7 Å². The SMILES string of the molecule is CN(CC(=O)O)C(=O)c1cccc(Cl)c1. The molecule has 80 valence electrons. The molecular formula is C10H10ClNO3. The van der Waals surface area contributed by atoms with Crippen LogP contribution in [0.15, 0.2) is 24.3 Å². The summed E-state index contributed by atoms with van der Waals surface area (Å²) in [6.45, 7) is -0.328. The molecule has 1 rings (SSSR count). The lowest BCUT2D eigenvalue weighted by molar-refractivity contribution is -0.137. The molecule has 0 fully saturated rings. The van der Waals surface area contributed by atoms with Crippen molar-refractivity contribution in [3.05, 3.63) is 34.9 Å². The van der Waals surface area contributed by atoms with Gasteiger partial charge in [0, 0.05) is 17.6 Å². The van der Waals surface area contributed by atoms with Crippen LogP contribution in [0.5, 0.6) is 0 Å². The number of carboxylic acid groups (broad SMARTS) is 1. The van der Waals surface area contributed by atoms with Crippen LogP contribution in [0, 0.1) is 0 Å². The van der Waals surface area contributed by atoms with Gasteiger partial charge < -0.3 is 10.0 Å². The number of halogens is 1. The van der Waals surface area contributed by atoms with Crippen LogP contribution in [0.1, 0.15) is 10.4 Å². The second kappa shape index (κ2) is 4.79. The lowest BCUT2D eigenvalue weighted by atomic mass is 10.2. The van der Waals surface area contributed by atoms with E-state index in [-0.39, 0.29) is 12.5 Å². The van der Waals surface area contributed by atoms with Crippen LogP contribution in [0.25, 0.3) is 0 Å². The fourth-order valence-electron chi connectivity index (χ4n) is 1.12. The minimum Gasteiger partial charge on any atom is -0.480 e. The molecule has 0 aromatic heterocycles. The van der Waals surface area contributed by atoms with Crippen molar-refractivity contribution in [1.82, 2.24) is 4.90 Å². The summed E-state index contributed by atoms with van der Waals surface area (Å²) < 4.78 is 0. The molecule has 1 aromatic carbocycles. The molecule has 0 unspecified atom stereocenters. The van der Waals surface area contributed by atoms with Gasteiger partial charge in [0.15, 0.2) is 0 Å². The van der Waals surface area contributed by atoms with E-state index in [2.05, 4.69) is 0 Å². The van der Waals surface area contributed by atoms with E-state index in [4.69, 9.17) is 16.7 Å². The third-order valence-electron chi connectivity index (χ3n) is 1.79. The summed E-state index contributed by atoms with van der Waals surface area (Å²) in [6, 6.07) is 6.38. The van der Waals surface area contributed by atoms with Gasteiger partial charge in [0.2, 0.25) is 0 Å². The molecule has 0 aliphatic carbocycles. The zero-order valence-corrected chi connectivity index (χ0v) is 8.86. The Morgan fingerprint density at radius 2 is 2.13 bits per heavy atom. The number of rotatable bonds is 3. The maximum absolute atomic E-state index is 11.6. The van der Waals surface area contributed by atoms with Gasteiger partial charge in [0.25, 0.3) is 5.91 Å². The van der Waals surface area contributed by atoms with E-state index in [1.165, 1.54) is 13.1 Å². The molecule has 0 saturated carbocycles. The Kier molecular flexibility index (Phi) is 3.68. The maximum atomic E-state index is 11.6. The zero-order valence-electron chi connectivity index (χ0n) is 8.11. The topological polar surface area (TPSA) is 57.6 Å². The Labute approximate surface area is 92.1 Å². The molecule has 1 aromatic rings. The number of hydrogen-bond donors (Lipinski definition) is 1. The van der Waals surface area contributed by atoms with Gasteiger partial charge in [-0.25, -0.2) is 0 Å². The number of benzene rings is 1. The Hall–Kier alpha value is -1.55. The summed E-state index contributed by atoms with van der Waals surface area (Å²) in [5.41, 5.74) is 0.381. The number of likely N-dealkylation sites (N-methyl/N-ethyl adjacent to an activating group) is 1. The summed E-state index contributed by atoms with van der Waals surface area (Å²) in [6.07, 6.45) is 0. The first-order chi connectivity index (χ1) is 7.00. The van der Waals surface area contributed by atoms with Crippen molar-refractivity contribution in [2.45, 2.75) is 0 Å². The third kappa shape index (κ3) is 3.25. The smallest absolute Gasteiger partial charge is 0.323 e. The number of carbonyl (C=O) groups is 2. The van der Waals surface area contributed by atoms with Crippen LogP contribution in [-0.4, -0.2) is 35.5 Å². The van der Waals surface area contributed by atoms with E-state index < -0.39 is 5.97 Å². The van der Waals surface area contributed by atoms with E-state index in [1.807, 2.05) is 0 Å². The lowest BCUT2D eigenvalue weighted by Gasteiger charge is -2.14. The zero-order chi connectivity index (χ0) is 11.4. The minimum atomic E-state index is -1.05. The van der Waals surface area contributed by atoms with E-state index in [0.717, 1.165) is 4.90 Å². The predicted molar refractivity (Wildman–Crippen MR) is 56.0 cm³/mol. The molecule has 0 saturated heterocycles. The van der Waals surface area contributed by atoms with Crippen LogP contribution in [0.3, 0.4) is 0 Å². The van der Waals surface area contributed by atoms with Crippen molar-refractivity contribution in [3.63, 3.8) is 0 Å². The molecule has 0 spiro atoms. The molecule has 4 nitrogen and oxygen atoms in total. The Morgan fingerprint density at radius 3 is 2.67 bits per heavy atom. The number of nitrogens with zero attached hydrogens (tertiary/aromatic N) is 1. The third-order valence-corrected chi connectivity index (χ3v) is 2.03. The van der Waals surface area contributed by atoms with Crippen molar-refractivity contribution in [2.75, 3.05) is 13.6 Å². The highest BCUT2D eigenvalue weighted by atomic mass is 35.5. The average Bonchev–Trinajstić information content (AvgIpc) is 2.15. The van der Waals surface area contributed by atoms with Crippen LogP contribution < -0.4 is 0 Å². The average molecular weight is 228 g/mol. The quantitative estimate of drug-likeness (QED) is 0.851. The number of aliphatic carboxylic acids is 1. The number of carbonyl (C=O) groups excluding carboxylic acids is 1. The fraction of sp³-hybridized carbons (Fsp3) is 0.200. The van der Waals surface area contributed by atoms with Gasteiger partial charge in [0.1, 0.15) is 6.54 Å². The van der Waals surface area contributed by atoms with Gasteiger partial charge >= 0.3 is 5.97 Å². The van der Waals surface area contributed by atoms with Gasteiger partial charge in [-0.15, -0.1) is 0 Å². The standard InChI is InChI=1S/C10H10ClNO3/c1-12(6-9(13)14)10(15)7-3-2-4-8(11)5-7/h2-5H,6H2,1H3,(H,13,14). The fourth-order valence-corrected chi connectivity index (χ4v) is 1.31. The second-order valence-electron chi connectivity index (χ2n) is 3.07. The number of carboxylic acids is 1. The van der Waals surface area contributed by atoms with Crippen LogP contribution in [-0.2, 0) is 4.79 Å². The predicted octanol–water partition coefficient (Wildman–Crippen LogP) is 1.50. The largest absolute Gasteiger partial charge is 0.480 e. The molecule has 0 radical (unpaired) electrons. The molecule has 0 bridgehead atoms.